The summed E-state index contributed by atoms with van der Waals surface area (Å²) >= 11 is 0.927. The molecule has 2 aliphatic rings. The highest BCUT2D eigenvalue weighted by Crippen LogP contribution is 2.66. The van der Waals surface area contributed by atoms with E-state index in [-0.39, 0.29) is 24.5 Å². The minimum absolute atomic E-state index is 0.102. The van der Waals surface area contributed by atoms with Gasteiger partial charge in [0.1, 0.15) is 11.2 Å². The lowest BCUT2D eigenvalue weighted by Crippen LogP contribution is -2.35. The van der Waals surface area contributed by atoms with Gasteiger partial charge in [0.15, 0.2) is 0 Å². The molecule has 1 radical (unpaired) electrons. The number of aromatic hydroxyl groups is 2. The Balaban J connectivity index is 1.71. The maximum absolute atomic E-state index is 11.5. The fourth-order valence-electron chi connectivity index (χ4n) is 5.47. The highest BCUT2D eigenvalue weighted by molar-refractivity contribution is 8.15. The van der Waals surface area contributed by atoms with Crippen LogP contribution in [0.5, 0.6) is 11.8 Å². The summed E-state index contributed by atoms with van der Waals surface area (Å²) < 4.78 is 26.2. The molecule has 0 aliphatic carbocycles. The van der Waals surface area contributed by atoms with Crippen molar-refractivity contribution < 1.29 is 23.9 Å². The highest BCUT2D eigenvalue weighted by Gasteiger charge is 2.66. The van der Waals surface area contributed by atoms with Gasteiger partial charge in [-0.2, -0.15) is 5.26 Å². The van der Waals surface area contributed by atoms with Crippen molar-refractivity contribution in [3.8, 4) is 23.5 Å². The Morgan fingerprint density at radius 3 is 2.75 bits per heavy atom. The third-order valence-corrected chi connectivity index (χ3v) is 7.12. The molecule has 2 aromatic carbocycles. The van der Waals surface area contributed by atoms with Gasteiger partial charge in [-0.25, -0.2) is 0 Å². The second-order valence-corrected chi connectivity index (χ2v) is 8.75. The molecule has 2 unspecified atom stereocenters. The standard InChI is InChI=1S/C23H22BN2O5S/c1-22-17(29-2)11-23(31-22,9-10-30-32-24)19-18(22)20(27)26(21(19)28)16-8-7-13(12-25)14-5-3-4-6-15(14)16/h3-8,17,24,27-28H,9-11H2,1-2H3/t17-,22?,23?/m0/s1/i24T. The molecule has 5 rings (SSSR count). The van der Waals surface area contributed by atoms with Crippen LogP contribution < -0.4 is 0 Å². The molecule has 3 heterocycles. The van der Waals surface area contributed by atoms with Crippen LogP contribution in [0.2, 0.25) is 0 Å². The molecule has 3 aromatic rings. The smallest absolute Gasteiger partial charge is 0.209 e. The quantitative estimate of drug-likeness (QED) is 0.322. The third-order valence-electron chi connectivity index (χ3n) is 6.81. The Labute approximate surface area is 192 Å². The van der Waals surface area contributed by atoms with Crippen LogP contribution in [-0.2, 0) is 24.9 Å². The molecule has 1 aromatic heterocycles. The summed E-state index contributed by atoms with van der Waals surface area (Å²) in [5, 5.41) is 33.9. The first kappa shape index (κ1) is 20.0. The zero-order chi connectivity index (χ0) is 23.4. The molecule has 32 heavy (non-hydrogen) atoms. The summed E-state index contributed by atoms with van der Waals surface area (Å²) in [6.45, 7) is 2.15. The number of nitrogens with zero attached hydrogens (tertiary/aromatic N) is 2. The van der Waals surface area contributed by atoms with Gasteiger partial charge in [0.05, 0.1) is 41.2 Å². The summed E-state index contributed by atoms with van der Waals surface area (Å²) in [6, 6.07) is 13.0. The molecule has 0 saturated carbocycles. The fourth-order valence-corrected chi connectivity index (χ4v) is 5.65. The van der Waals surface area contributed by atoms with Gasteiger partial charge in [-0.05, 0) is 20.4 Å². The van der Waals surface area contributed by atoms with Crippen LogP contribution in [0.15, 0.2) is 36.4 Å². The van der Waals surface area contributed by atoms with E-state index in [9.17, 15) is 15.5 Å². The predicted octanol–water partition coefficient (Wildman–Crippen LogP) is 3.64. The Bertz CT molecular complexity index is 1290. The van der Waals surface area contributed by atoms with Crippen LogP contribution in [0.3, 0.4) is 0 Å². The highest BCUT2D eigenvalue weighted by atomic mass is 32.2. The lowest BCUT2D eigenvalue weighted by molar-refractivity contribution is -0.112. The molecule has 163 valence electrons. The number of benzene rings is 2. The molecule has 2 aliphatic heterocycles. The van der Waals surface area contributed by atoms with E-state index < -0.39 is 11.2 Å². The number of ether oxygens (including phenoxy) is 2. The Morgan fingerprint density at radius 2 is 2.03 bits per heavy atom. The van der Waals surface area contributed by atoms with Crippen LogP contribution in [0, 0.1) is 11.3 Å². The molecule has 3 atom stereocenters. The number of methoxy groups -OCH3 is 1. The van der Waals surface area contributed by atoms with Crippen LogP contribution in [-0.4, -0.2) is 43.0 Å². The van der Waals surface area contributed by atoms with Crippen LogP contribution in [0.1, 0.15) is 36.5 Å². The van der Waals surface area contributed by atoms with Crippen LogP contribution in [0.25, 0.3) is 16.5 Å². The molecular formula is C23H22BN2O5S. The Morgan fingerprint density at radius 1 is 1.28 bits per heavy atom. The minimum atomic E-state index is -0.950. The third kappa shape index (κ3) is 2.67. The van der Waals surface area contributed by atoms with Crippen molar-refractivity contribution in [2.45, 2.75) is 37.1 Å². The zero-order valence-electron chi connectivity index (χ0n) is 18.7. The van der Waals surface area contributed by atoms with Gasteiger partial charge < -0.3 is 23.9 Å². The fraction of sp³-hybridized carbons (Fsp3) is 0.348. The number of rotatable bonds is 7. The molecule has 7 nitrogen and oxygen atoms in total. The van der Waals surface area contributed by atoms with Crippen molar-refractivity contribution in [2.24, 2.45) is 0 Å². The van der Waals surface area contributed by atoms with Crippen molar-refractivity contribution in [1.29, 1.82) is 6.60 Å². The monoisotopic (exact) mass is 451 g/mol. The molecule has 1 fully saturated rings. The molecule has 2 bridgehead atoms. The maximum Gasteiger partial charge on any atom is 0.209 e. The number of fused-ring (bicyclic) bond motifs is 6. The molecule has 1 saturated heterocycles. The predicted molar refractivity (Wildman–Crippen MR) is 122 cm³/mol. The summed E-state index contributed by atoms with van der Waals surface area (Å²) in [7, 11) is 2.71. The maximum atomic E-state index is 11.5. The van der Waals surface area contributed by atoms with Crippen molar-refractivity contribution >= 4 is 29.8 Å². The Kier molecular flexibility index (Phi) is 4.66. The average Bonchev–Trinajstić information content (AvgIpc) is 3.38. The zero-order valence-corrected chi connectivity index (χ0v) is 18.5. The number of hydrogen-bond donors (Lipinski definition) is 2. The lowest BCUT2D eigenvalue weighted by atomic mass is 9.76. The first-order valence-corrected chi connectivity index (χ1v) is 11.0. The first-order chi connectivity index (χ1) is 15.9. The van der Waals surface area contributed by atoms with E-state index in [4.69, 9.17) is 15.0 Å². The van der Waals surface area contributed by atoms with Gasteiger partial charge in [0, 0.05) is 30.7 Å². The molecular weight excluding hydrogens is 427 g/mol. The van der Waals surface area contributed by atoms with E-state index in [1.165, 1.54) is 4.57 Å². The largest absolute Gasteiger partial charge is 0.494 e. The van der Waals surface area contributed by atoms with Gasteiger partial charge in [0.2, 0.25) is 18.8 Å². The van der Waals surface area contributed by atoms with Crippen molar-refractivity contribution in [3.05, 3.63) is 53.1 Å². The second kappa shape index (κ2) is 7.46. The summed E-state index contributed by atoms with van der Waals surface area (Å²) in [4.78, 5) is 0. The van der Waals surface area contributed by atoms with Crippen LogP contribution in [0.4, 0.5) is 0 Å². The molecule has 0 amide bonds. The molecule has 0 spiro atoms. The lowest BCUT2D eigenvalue weighted by Gasteiger charge is -2.28. The number of hydrogen-bond acceptors (Lipinski definition) is 7. The summed E-state index contributed by atoms with van der Waals surface area (Å²) in [6.07, 6.45) is 0.595. The van der Waals surface area contributed by atoms with Gasteiger partial charge in [-0.3, -0.25) is 4.57 Å². The Hall–Kier alpha value is -2.64. The number of nitriles is 1. The van der Waals surface area contributed by atoms with Gasteiger partial charge in [-0.15, -0.1) is 0 Å². The average molecular weight is 451 g/mol. The number of aromatic nitrogens is 1. The van der Waals surface area contributed by atoms with Gasteiger partial charge in [-0.1, -0.05) is 36.2 Å². The van der Waals surface area contributed by atoms with Gasteiger partial charge >= 0.3 is 0 Å². The van der Waals surface area contributed by atoms with Crippen molar-refractivity contribution in [2.75, 3.05) is 13.7 Å². The van der Waals surface area contributed by atoms with Crippen molar-refractivity contribution in [3.63, 3.8) is 0 Å². The van der Waals surface area contributed by atoms with E-state index >= 15 is 0 Å². The van der Waals surface area contributed by atoms with E-state index in [0.717, 1.165) is 29.8 Å². The first-order valence-electron chi connectivity index (χ1n) is 10.8. The van der Waals surface area contributed by atoms with E-state index in [1.54, 1.807) is 19.2 Å². The summed E-state index contributed by atoms with van der Waals surface area (Å²) in [5.41, 5.74) is 0.270. The van der Waals surface area contributed by atoms with E-state index in [1.807, 2.05) is 31.2 Å². The SMILES string of the molecule is [3H][B]SOCCC12C[C@H](OC)C(C)(O1)c1c2c(O)n(-c2ccc(C#N)c3ccccc23)c1O. The topological polar surface area (TPSA) is 96.9 Å². The van der Waals surface area contributed by atoms with Crippen molar-refractivity contribution in [1.82, 2.24) is 4.57 Å². The normalized spacial score (nSPS) is 26.2. The molecule has 9 heteroatoms. The second-order valence-electron chi connectivity index (χ2n) is 8.32. The summed E-state index contributed by atoms with van der Waals surface area (Å²) in [5.74, 6) is -0.214. The molecule has 2 N–H and O–H groups in total. The van der Waals surface area contributed by atoms with E-state index in [0.29, 0.717) is 35.2 Å². The van der Waals surface area contributed by atoms with E-state index in [2.05, 4.69) is 6.07 Å². The minimum Gasteiger partial charge on any atom is -0.494 e. The van der Waals surface area contributed by atoms with Gasteiger partial charge in [0.25, 0.3) is 0 Å². The van der Waals surface area contributed by atoms with Crippen LogP contribution >= 0.6 is 11.9 Å².